The van der Waals surface area contributed by atoms with Crippen molar-refractivity contribution in [3.8, 4) is 0 Å². The van der Waals surface area contributed by atoms with E-state index in [-0.39, 0.29) is 19.5 Å². The fourth-order valence-electron chi connectivity index (χ4n) is 0.409. The topological polar surface area (TPSA) is 37.3 Å². The van der Waals surface area contributed by atoms with Crippen molar-refractivity contribution in [2.24, 2.45) is 0 Å². The number of carboxylic acid groups (broad SMARTS) is 1. The van der Waals surface area contributed by atoms with Crippen LogP contribution in [0.2, 0.25) is 0 Å². The van der Waals surface area contributed by atoms with E-state index in [1.165, 1.54) is 0 Å². The van der Waals surface area contributed by atoms with E-state index in [0.717, 1.165) is 6.42 Å². The van der Waals surface area contributed by atoms with Crippen molar-refractivity contribution in [3.63, 3.8) is 0 Å². The molecule has 0 fully saturated rings. The molecule has 0 heterocycles. The van der Waals surface area contributed by atoms with Crippen LogP contribution in [0.4, 0.5) is 0 Å². The summed E-state index contributed by atoms with van der Waals surface area (Å²) in [5.41, 5.74) is 0.299. The number of rotatable bonds is 3. The van der Waals surface area contributed by atoms with E-state index in [2.05, 4.69) is 6.58 Å². The van der Waals surface area contributed by atoms with Gasteiger partial charge in [-0.3, -0.25) is 0 Å². The summed E-state index contributed by atoms with van der Waals surface area (Å²) >= 11 is 0. The Balaban J connectivity index is 0. The zero-order chi connectivity index (χ0) is 6.57. The first-order chi connectivity index (χ1) is 3.68. The molecule has 0 aromatic carbocycles. The average Bonchev–Trinajstić information content (AvgIpc) is 1.67. The minimum Gasteiger partial charge on any atom is -0.478 e. The first-order valence-electron chi connectivity index (χ1n) is 2.59. The first kappa shape index (κ1) is 11.6. The summed E-state index contributed by atoms with van der Waals surface area (Å²) in [5.74, 6) is -0.883. The standard InChI is InChI=1S/C6H10O2.Zn/c1-3-4-5(2)6(7)8;/h2-4H2,1H3,(H,7,8);. The summed E-state index contributed by atoms with van der Waals surface area (Å²) in [6.07, 6.45) is 1.44. The summed E-state index contributed by atoms with van der Waals surface area (Å²) in [6, 6.07) is 0. The summed E-state index contributed by atoms with van der Waals surface area (Å²) in [5, 5.41) is 8.21. The molecule has 48 valence electrons. The zero-order valence-corrected chi connectivity index (χ0v) is 8.65. The molecule has 3 heteroatoms. The molecule has 0 spiro atoms. The van der Waals surface area contributed by atoms with Gasteiger partial charge in [0.05, 0.1) is 0 Å². The third-order valence-electron chi connectivity index (χ3n) is 0.854. The maximum Gasteiger partial charge on any atom is 0.330 e. The van der Waals surface area contributed by atoms with Gasteiger partial charge in [-0.2, -0.15) is 0 Å². The van der Waals surface area contributed by atoms with Crippen LogP contribution in [0.1, 0.15) is 19.8 Å². The number of aliphatic carboxylic acids is 1. The van der Waals surface area contributed by atoms with Crippen LogP contribution in [0.15, 0.2) is 12.2 Å². The predicted molar refractivity (Wildman–Crippen MR) is 31.7 cm³/mol. The first-order valence-corrected chi connectivity index (χ1v) is 2.59. The SMILES string of the molecule is C=C(CCC)C(=O)O.[Zn]. The maximum atomic E-state index is 9.99. The van der Waals surface area contributed by atoms with Crippen molar-refractivity contribution in [2.75, 3.05) is 0 Å². The third kappa shape index (κ3) is 5.71. The van der Waals surface area contributed by atoms with Crippen molar-refractivity contribution in [2.45, 2.75) is 19.8 Å². The molecule has 1 N–H and O–H groups in total. The molecule has 0 bridgehead atoms. The van der Waals surface area contributed by atoms with Gasteiger partial charge in [0.15, 0.2) is 0 Å². The molecule has 0 saturated heterocycles. The summed E-state index contributed by atoms with van der Waals surface area (Å²) in [7, 11) is 0. The molecule has 0 aromatic rings. The third-order valence-corrected chi connectivity index (χ3v) is 0.854. The normalized spacial score (nSPS) is 7.67. The van der Waals surface area contributed by atoms with E-state index in [1.807, 2.05) is 6.92 Å². The van der Waals surface area contributed by atoms with Gasteiger partial charge in [0, 0.05) is 25.1 Å². The van der Waals surface area contributed by atoms with Gasteiger partial charge in [-0.05, 0) is 6.42 Å². The van der Waals surface area contributed by atoms with Crippen molar-refractivity contribution < 1.29 is 29.4 Å². The Hall–Kier alpha value is -0.167. The van der Waals surface area contributed by atoms with Gasteiger partial charge >= 0.3 is 5.97 Å². The van der Waals surface area contributed by atoms with Crippen LogP contribution in [0.3, 0.4) is 0 Å². The van der Waals surface area contributed by atoms with Crippen LogP contribution in [-0.4, -0.2) is 11.1 Å². The van der Waals surface area contributed by atoms with Crippen LogP contribution >= 0.6 is 0 Å². The molecule has 0 saturated carbocycles. The second-order valence-electron chi connectivity index (χ2n) is 1.66. The molecule has 9 heavy (non-hydrogen) atoms. The fraction of sp³-hybridized carbons (Fsp3) is 0.500. The Morgan fingerprint density at radius 3 is 2.22 bits per heavy atom. The van der Waals surface area contributed by atoms with Crippen molar-refractivity contribution in [3.05, 3.63) is 12.2 Å². The molecular formula is C6H10O2Zn. The van der Waals surface area contributed by atoms with E-state index in [0.29, 0.717) is 12.0 Å². The molecule has 0 aliphatic rings. The monoisotopic (exact) mass is 178 g/mol. The molecule has 0 atom stereocenters. The van der Waals surface area contributed by atoms with E-state index in [9.17, 15) is 4.79 Å². The Labute approximate surface area is 67.7 Å². The van der Waals surface area contributed by atoms with E-state index >= 15 is 0 Å². The van der Waals surface area contributed by atoms with Gasteiger partial charge in [-0.1, -0.05) is 19.9 Å². The molecule has 2 nitrogen and oxygen atoms in total. The smallest absolute Gasteiger partial charge is 0.330 e. The minimum atomic E-state index is -0.883. The van der Waals surface area contributed by atoms with E-state index in [1.54, 1.807) is 0 Å². The Kier molecular flexibility index (Phi) is 7.69. The summed E-state index contributed by atoms with van der Waals surface area (Å²) in [6.45, 7) is 5.27. The number of carbonyl (C=O) groups is 1. The Morgan fingerprint density at radius 1 is 1.67 bits per heavy atom. The van der Waals surface area contributed by atoms with Gasteiger partial charge < -0.3 is 5.11 Å². The van der Waals surface area contributed by atoms with Crippen LogP contribution in [0.25, 0.3) is 0 Å². The van der Waals surface area contributed by atoms with Crippen molar-refractivity contribution >= 4 is 5.97 Å². The molecule has 0 aliphatic heterocycles. The minimum absolute atomic E-state index is 0. The number of hydrogen-bond acceptors (Lipinski definition) is 1. The summed E-state index contributed by atoms with van der Waals surface area (Å²) in [4.78, 5) is 9.99. The molecule has 0 amide bonds. The number of hydrogen-bond donors (Lipinski definition) is 1. The van der Waals surface area contributed by atoms with Crippen LogP contribution in [0, 0.1) is 0 Å². The second-order valence-corrected chi connectivity index (χ2v) is 1.66. The molecule has 0 unspecified atom stereocenters. The van der Waals surface area contributed by atoms with E-state index in [4.69, 9.17) is 5.11 Å². The van der Waals surface area contributed by atoms with Crippen molar-refractivity contribution in [1.82, 2.24) is 0 Å². The van der Waals surface area contributed by atoms with Crippen LogP contribution in [0.5, 0.6) is 0 Å². The van der Waals surface area contributed by atoms with Crippen molar-refractivity contribution in [1.29, 1.82) is 0 Å². The predicted octanol–water partition coefficient (Wildman–Crippen LogP) is 1.42. The Bertz CT molecular complexity index is 110. The van der Waals surface area contributed by atoms with Gasteiger partial charge in [-0.25, -0.2) is 4.79 Å². The number of carboxylic acids is 1. The van der Waals surface area contributed by atoms with Gasteiger partial charge in [-0.15, -0.1) is 0 Å². The Morgan fingerprint density at radius 2 is 2.11 bits per heavy atom. The molecule has 0 rings (SSSR count). The largest absolute Gasteiger partial charge is 0.478 e. The molecule has 0 radical (unpaired) electrons. The van der Waals surface area contributed by atoms with E-state index < -0.39 is 5.97 Å². The maximum absolute atomic E-state index is 9.99. The zero-order valence-electron chi connectivity index (χ0n) is 5.68. The van der Waals surface area contributed by atoms with Gasteiger partial charge in [0.1, 0.15) is 0 Å². The molecule has 0 aliphatic carbocycles. The summed E-state index contributed by atoms with van der Waals surface area (Å²) < 4.78 is 0. The quantitative estimate of drug-likeness (QED) is 0.526. The fourth-order valence-corrected chi connectivity index (χ4v) is 0.409. The van der Waals surface area contributed by atoms with Gasteiger partial charge in [0.2, 0.25) is 0 Å². The second kappa shape index (κ2) is 5.96. The molecular weight excluding hydrogens is 169 g/mol. The molecule has 0 aromatic heterocycles. The van der Waals surface area contributed by atoms with Crippen LogP contribution < -0.4 is 0 Å². The average molecular weight is 180 g/mol. The van der Waals surface area contributed by atoms with Crippen LogP contribution in [-0.2, 0) is 24.3 Å². The van der Waals surface area contributed by atoms with Gasteiger partial charge in [0.25, 0.3) is 0 Å².